The van der Waals surface area contributed by atoms with E-state index in [4.69, 9.17) is 24.7 Å². The first-order valence-electron chi connectivity index (χ1n) is 15.3. The lowest BCUT2D eigenvalue weighted by atomic mass is 9.85. The van der Waals surface area contributed by atoms with E-state index in [0.717, 1.165) is 18.9 Å². The van der Waals surface area contributed by atoms with Gasteiger partial charge < -0.3 is 40.4 Å². The lowest BCUT2D eigenvalue weighted by molar-refractivity contribution is -0.120. The van der Waals surface area contributed by atoms with Crippen molar-refractivity contribution in [3.05, 3.63) is 58.5 Å². The fraction of sp³-hybridized carbons (Fsp3) is 0.576. The number of primary amides is 1. The second-order valence-electron chi connectivity index (χ2n) is 11.9. The summed E-state index contributed by atoms with van der Waals surface area (Å²) >= 11 is 0. The smallest absolute Gasteiger partial charge is 0.405 e. The summed E-state index contributed by atoms with van der Waals surface area (Å²) in [6, 6.07) is 0. The Balaban J connectivity index is 2.03. The minimum absolute atomic E-state index is 0.0654. The van der Waals surface area contributed by atoms with E-state index in [1.165, 1.54) is 20.3 Å². The van der Waals surface area contributed by atoms with Gasteiger partial charge in [0.25, 0.3) is 5.91 Å². The van der Waals surface area contributed by atoms with Crippen LogP contribution in [0.25, 0.3) is 0 Å². The molecule has 1 unspecified atom stereocenters. The number of aliphatic hydroxyl groups is 1. The molecule has 1 fully saturated rings. The maximum Gasteiger partial charge on any atom is 0.405 e. The summed E-state index contributed by atoms with van der Waals surface area (Å²) in [4.78, 5) is 52.0. The van der Waals surface area contributed by atoms with Gasteiger partial charge in [-0.1, -0.05) is 38.2 Å². The highest BCUT2D eigenvalue weighted by Crippen LogP contribution is 2.29. The summed E-state index contributed by atoms with van der Waals surface area (Å²) in [5.74, 6) is -2.10. The number of rotatable bonds is 6. The van der Waals surface area contributed by atoms with Crippen LogP contribution in [0, 0.1) is 11.8 Å². The molecule has 0 aromatic carbocycles. The number of fused-ring (bicyclic) bond motifs is 2. The normalized spacial score (nSPS) is 33.8. The summed E-state index contributed by atoms with van der Waals surface area (Å²) in [5, 5.41) is 17.1. The van der Waals surface area contributed by atoms with E-state index in [-0.39, 0.29) is 41.0 Å². The Bertz CT molecular complexity index is 1280. The number of amides is 2. The minimum Gasteiger partial charge on any atom is -0.439 e. The lowest BCUT2D eigenvalue weighted by Crippen LogP contribution is -2.38. The molecule has 0 saturated carbocycles. The van der Waals surface area contributed by atoms with Crippen LogP contribution < -0.4 is 16.4 Å². The number of carbonyl (C=O) groups excluding carboxylic acids is 4. The molecular weight excluding hydrogens is 582 g/mol. The molecule has 0 aromatic heterocycles. The zero-order valence-electron chi connectivity index (χ0n) is 27.0. The molecule has 248 valence electrons. The SMILES string of the molecule is CO[C@H]1/C=C\C=C(/C)C(=O)NC2=CC(=O)C(NCC3CCCO3)=C(C[C@@H](C)C[C@H](OC)[C@H](O)[C@@H](C)/C=C(\C)[C@@H]1OC(N)=O)C2=O. The third-order valence-corrected chi connectivity index (χ3v) is 8.32. The van der Waals surface area contributed by atoms with Gasteiger partial charge in [-0.05, 0) is 51.0 Å². The molecule has 45 heavy (non-hydrogen) atoms. The van der Waals surface area contributed by atoms with Gasteiger partial charge in [-0.15, -0.1) is 0 Å². The second kappa shape index (κ2) is 16.6. The number of methoxy groups -OCH3 is 2. The lowest BCUT2D eigenvalue weighted by Gasteiger charge is -2.30. The Morgan fingerprint density at radius 3 is 2.53 bits per heavy atom. The summed E-state index contributed by atoms with van der Waals surface area (Å²) < 4.78 is 22.3. The van der Waals surface area contributed by atoms with E-state index in [2.05, 4.69) is 10.6 Å². The molecule has 0 spiro atoms. The van der Waals surface area contributed by atoms with Gasteiger partial charge in [0.05, 0.1) is 29.7 Å². The molecule has 12 heteroatoms. The number of hydrogen-bond acceptors (Lipinski definition) is 10. The Labute approximate surface area is 264 Å². The summed E-state index contributed by atoms with van der Waals surface area (Å²) in [5.41, 5.74) is 6.53. The molecule has 2 heterocycles. The number of ether oxygens (including phenoxy) is 4. The number of hydrogen-bond donors (Lipinski definition) is 4. The van der Waals surface area contributed by atoms with Gasteiger partial charge in [0, 0.05) is 50.5 Å². The van der Waals surface area contributed by atoms with Gasteiger partial charge in [0.15, 0.2) is 6.10 Å². The Morgan fingerprint density at radius 2 is 1.91 bits per heavy atom. The van der Waals surface area contributed by atoms with Crippen LogP contribution in [0.4, 0.5) is 4.79 Å². The third kappa shape index (κ3) is 9.70. The molecule has 1 saturated heterocycles. The van der Waals surface area contributed by atoms with E-state index < -0.39 is 53.9 Å². The van der Waals surface area contributed by atoms with Crippen LogP contribution in [0.3, 0.4) is 0 Å². The summed E-state index contributed by atoms with van der Waals surface area (Å²) in [6.07, 6.45) is 5.56. The van der Waals surface area contributed by atoms with Crippen molar-refractivity contribution in [1.29, 1.82) is 0 Å². The fourth-order valence-electron chi connectivity index (χ4n) is 5.80. The van der Waals surface area contributed by atoms with Crippen molar-refractivity contribution in [2.45, 2.75) is 83.9 Å². The minimum atomic E-state index is -0.998. The van der Waals surface area contributed by atoms with Gasteiger partial charge in [-0.25, -0.2) is 4.79 Å². The van der Waals surface area contributed by atoms with Gasteiger partial charge in [0.1, 0.15) is 6.10 Å². The van der Waals surface area contributed by atoms with Gasteiger partial charge in [-0.2, -0.15) is 0 Å². The molecule has 3 rings (SSSR count). The molecular formula is C33H47N3O9. The molecule has 12 nitrogen and oxygen atoms in total. The first-order valence-corrected chi connectivity index (χ1v) is 15.3. The van der Waals surface area contributed by atoms with E-state index in [0.29, 0.717) is 25.1 Å². The standard InChI is InChI=1S/C33H47N3O9/c1-18-13-23-28(35-17-22-10-8-12-44-22)25(37)16-24(30(23)39)36-32(40)19(2)9-7-11-26(42-5)31(45-33(34)41)21(4)15-20(3)29(38)27(14-18)43-6/h7,9,11,15-16,18,20,22,26-27,29,31,35,38H,8,10,12-14,17H2,1-6H3,(H2,34,41)(H,36,40)/b11-7-,19-9+,21-15+/t18-,20+,22?,26+,27+,29-,31+/m1/s1. The highest BCUT2D eigenvalue weighted by atomic mass is 16.6. The van der Waals surface area contributed by atoms with Crippen molar-refractivity contribution < 1.29 is 43.2 Å². The number of aliphatic hydroxyl groups excluding tert-OH is 1. The number of nitrogens with two attached hydrogens (primary N) is 1. The van der Waals surface area contributed by atoms with Crippen LogP contribution in [0.15, 0.2) is 58.5 Å². The quantitative estimate of drug-likeness (QED) is 0.252. The highest BCUT2D eigenvalue weighted by molar-refractivity contribution is 6.23. The molecule has 2 bridgehead atoms. The van der Waals surface area contributed by atoms with Crippen molar-refractivity contribution in [2.24, 2.45) is 17.6 Å². The number of ketones is 2. The van der Waals surface area contributed by atoms with Crippen LogP contribution >= 0.6 is 0 Å². The van der Waals surface area contributed by atoms with Crippen molar-refractivity contribution >= 4 is 23.6 Å². The molecule has 3 aliphatic rings. The zero-order chi connectivity index (χ0) is 33.3. The first kappa shape index (κ1) is 35.9. The van der Waals surface area contributed by atoms with E-state index in [1.807, 2.05) is 13.8 Å². The first-order chi connectivity index (χ1) is 21.4. The van der Waals surface area contributed by atoms with Crippen molar-refractivity contribution in [3.8, 4) is 0 Å². The average molecular weight is 630 g/mol. The topological polar surface area (TPSA) is 176 Å². The van der Waals surface area contributed by atoms with Crippen LogP contribution in [-0.4, -0.2) is 86.6 Å². The molecule has 2 amide bonds. The largest absolute Gasteiger partial charge is 0.439 e. The fourth-order valence-corrected chi connectivity index (χ4v) is 5.80. The second-order valence-corrected chi connectivity index (χ2v) is 11.9. The van der Waals surface area contributed by atoms with Crippen molar-refractivity contribution in [3.63, 3.8) is 0 Å². The van der Waals surface area contributed by atoms with Gasteiger partial charge in [0.2, 0.25) is 11.6 Å². The number of carbonyl (C=O) groups is 4. The number of nitrogens with one attached hydrogen (secondary N) is 2. The summed E-state index contributed by atoms with van der Waals surface area (Å²) in [6.45, 7) is 8.05. The van der Waals surface area contributed by atoms with Gasteiger partial charge in [-0.3, -0.25) is 14.4 Å². The molecule has 0 aromatic rings. The maximum absolute atomic E-state index is 13.8. The third-order valence-electron chi connectivity index (χ3n) is 8.32. The molecule has 5 N–H and O–H groups in total. The molecule has 2 aliphatic heterocycles. The van der Waals surface area contributed by atoms with E-state index in [1.54, 1.807) is 32.1 Å². The van der Waals surface area contributed by atoms with E-state index in [9.17, 15) is 24.3 Å². The van der Waals surface area contributed by atoms with Crippen LogP contribution in [-0.2, 0) is 33.3 Å². The highest BCUT2D eigenvalue weighted by Gasteiger charge is 2.34. The number of Topliss-reactive ketones (excluding diaryl/α,β-unsaturated/α-hetero) is 1. The van der Waals surface area contributed by atoms with Crippen LogP contribution in [0.2, 0.25) is 0 Å². The Kier molecular flexibility index (Phi) is 13.3. The summed E-state index contributed by atoms with van der Waals surface area (Å²) in [7, 11) is 2.94. The Hall–Kier alpha value is -3.58. The zero-order valence-corrected chi connectivity index (χ0v) is 27.0. The van der Waals surface area contributed by atoms with Crippen molar-refractivity contribution in [2.75, 3.05) is 27.4 Å². The monoisotopic (exact) mass is 629 g/mol. The van der Waals surface area contributed by atoms with Gasteiger partial charge >= 0.3 is 6.09 Å². The van der Waals surface area contributed by atoms with Crippen LogP contribution in [0.1, 0.15) is 53.4 Å². The Morgan fingerprint density at radius 1 is 1.18 bits per heavy atom. The maximum atomic E-state index is 13.8. The predicted molar refractivity (Wildman–Crippen MR) is 167 cm³/mol. The predicted octanol–water partition coefficient (Wildman–Crippen LogP) is 2.53. The molecule has 0 radical (unpaired) electrons. The van der Waals surface area contributed by atoms with E-state index >= 15 is 0 Å². The molecule has 1 aliphatic carbocycles. The average Bonchev–Trinajstić information content (AvgIpc) is 3.51. The molecule has 7 atom stereocenters. The van der Waals surface area contributed by atoms with Crippen molar-refractivity contribution in [1.82, 2.24) is 10.6 Å². The number of allylic oxidation sites excluding steroid dienone is 4. The van der Waals surface area contributed by atoms with Crippen LogP contribution in [0.5, 0.6) is 0 Å².